The third-order valence-corrected chi connectivity index (χ3v) is 5.70. The number of amides is 3. The van der Waals surface area contributed by atoms with Crippen molar-refractivity contribution in [1.82, 2.24) is 5.01 Å². The van der Waals surface area contributed by atoms with Gasteiger partial charge in [0.1, 0.15) is 6.54 Å². The van der Waals surface area contributed by atoms with Crippen molar-refractivity contribution in [2.45, 2.75) is 25.9 Å². The van der Waals surface area contributed by atoms with Crippen LogP contribution in [0.4, 0.5) is 11.4 Å². The van der Waals surface area contributed by atoms with E-state index >= 15 is 0 Å². The van der Waals surface area contributed by atoms with E-state index in [1.54, 1.807) is 30.3 Å². The summed E-state index contributed by atoms with van der Waals surface area (Å²) >= 11 is 12.3. The molecular weight excluding hydrogens is 429 g/mol. The van der Waals surface area contributed by atoms with Crippen molar-refractivity contribution in [3.63, 3.8) is 0 Å². The van der Waals surface area contributed by atoms with Gasteiger partial charge in [-0.25, -0.2) is 4.90 Å². The van der Waals surface area contributed by atoms with Gasteiger partial charge in [-0.15, -0.1) is 0 Å². The van der Waals surface area contributed by atoms with Gasteiger partial charge in [-0.1, -0.05) is 40.6 Å². The first kappa shape index (κ1) is 20.3. The van der Waals surface area contributed by atoms with Gasteiger partial charge in [0.15, 0.2) is 12.1 Å². The van der Waals surface area contributed by atoms with E-state index in [-0.39, 0.29) is 6.54 Å². The van der Waals surface area contributed by atoms with Crippen molar-refractivity contribution in [3.8, 4) is 0 Å². The normalized spacial score (nSPS) is 20.1. The summed E-state index contributed by atoms with van der Waals surface area (Å²) < 4.78 is 0. The fraction of sp³-hybridized carbons (Fsp3) is 0.250. The highest BCUT2D eigenvalue weighted by molar-refractivity contribution is 6.34. The van der Waals surface area contributed by atoms with E-state index in [0.717, 1.165) is 16.0 Å². The molecule has 0 radical (unpaired) electrons. The largest absolute Gasteiger partial charge is 0.323 e. The van der Waals surface area contributed by atoms with Crippen LogP contribution < -0.4 is 10.2 Å². The van der Waals surface area contributed by atoms with E-state index in [1.165, 1.54) is 5.01 Å². The summed E-state index contributed by atoms with van der Waals surface area (Å²) in [6.45, 7) is 3.46. The second-order valence-electron chi connectivity index (χ2n) is 7.17. The maximum atomic E-state index is 13.0. The lowest BCUT2D eigenvalue weighted by molar-refractivity contribution is -0.123. The predicted octanol–water partition coefficient (Wildman–Crippen LogP) is 3.54. The summed E-state index contributed by atoms with van der Waals surface area (Å²) in [7, 11) is 0. The molecule has 0 aliphatic carbocycles. The lowest BCUT2D eigenvalue weighted by Crippen LogP contribution is -2.43. The van der Waals surface area contributed by atoms with E-state index < -0.39 is 29.8 Å². The smallest absolute Gasteiger partial charge is 0.263 e. The van der Waals surface area contributed by atoms with Crippen molar-refractivity contribution >= 4 is 52.3 Å². The van der Waals surface area contributed by atoms with Crippen LogP contribution in [0, 0.1) is 13.8 Å². The minimum Gasteiger partial charge on any atom is -0.323 e. The highest BCUT2D eigenvalue weighted by Gasteiger charge is 2.55. The number of carbonyl (C=O) groups excluding carboxylic acids is 3. The number of hydrogen-bond donors (Lipinski definition) is 1. The topological polar surface area (TPSA) is 94.4 Å². The minimum absolute atomic E-state index is 0.254. The van der Waals surface area contributed by atoms with Gasteiger partial charge >= 0.3 is 0 Å². The molecule has 2 atom stereocenters. The zero-order chi connectivity index (χ0) is 21.6. The molecule has 4 rings (SSSR count). The van der Waals surface area contributed by atoms with Crippen LogP contribution >= 0.6 is 23.2 Å². The molecule has 1 fully saturated rings. The van der Waals surface area contributed by atoms with Crippen LogP contribution in [-0.2, 0) is 14.4 Å². The van der Waals surface area contributed by atoms with Gasteiger partial charge in [0.05, 0.1) is 16.4 Å². The zero-order valence-corrected chi connectivity index (χ0v) is 17.6. The number of fused-ring (bicyclic) bond motifs is 1. The summed E-state index contributed by atoms with van der Waals surface area (Å²) in [5, 5.41) is 12.5. The SMILES string of the molecule is Cc1ccc(NC(=O)CN2N=N[C@@H]3C(=O)N(c4ccc(C)c(Cl)c4)C(=O)[C@@H]32)c(Cl)c1. The molecule has 1 saturated heterocycles. The molecule has 30 heavy (non-hydrogen) atoms. The number of benzene rings is 2. The number of imide groups is 1. The maximum absolute atomic E-state index is 13.0. The standard InChI is InChI=1S/C20H17Cl2N5O3/c1-10-3-6-15(14(22)7-10)23-16(28)9-26-18-17(24-25-26)19(29)27(20(18)30)12-5-4-11(2)13(21)8-12/h3-8,17-18H,9H2,1-2H3,(H,23,28)/t17-,18+/m0/s1. The quantitative estimate of drug-likeness (QED) is 0.727. The number of anilines is 2. The van der Waals surface area contributed by atoms with Crippen molar-refractivity contribution in [3.05, 3.63) is 57.6 Å². The van der Waals surface area contributed by atoms with Gasteiger partial charge in [0, 0.05) is 5.02 Å². The lowest BCUT2D eigenvalue weighted by Gasteiger charge is -2.20. The molecular formula is C20H17Cl2N5O3. The van der Waals surface area contributed by atoms with E-state index in [0.29, 0.717) is 21.4 Å². The Bertz CT molecular complexity index is 1100. The molecule has 0 spiro atoms. The first-order valence-corrected chi connectivity index (χ1v) is 9.89. The number of hydrogen-bond acceptors (Lipinski definition) is 6. The van der Waals surface area contributed by atoms with E-state index in [1.807, 2.05) is 19.9 Å². The van der Waals surface area contributed by atoms with Gasteiger partial charge in [-0.2, -0.15) is 5.11 Å². The number of carbonyl (C=O) groups is 3. The molecule has 0 aromatic heterocycles. The molecule has 3 amide bonds. The van der Waals surface area contributed by atoms with Gasteiger partial charge in [0.25, 0.3) is 11.8 Å². The van der Waals surface area contributed by atoms with Crippen molar-refractivity contribution < 1.29 is 14.4 Å². The Kier molecular flexibility index (Phi) is 5.21. The summed E-state index contributed by atoms with van der Waals surface area (Å²) in [5.41, 5.74) is 2.60. The summed E-state index contributed by atoms with van der Waals surface area (Å²) in [6.07, 6.45) is 0. The van der Waals surface area contributed by atoms with Crippen molar-refractivity contribution in [1.29, 1.82) is 0 Å². The predicted molar refractivity (Wildman–Crippen MR) is 113 cm³/mol. The molecule has 1 N–H and O–H groups in total. The highest BCUT2D eigenvalue weighted by atomic mass is 35.5. The molecule has 2 aromatic rings. The Morgan fingerprint density at radius 3 is 2.53 bits per heavy atom. The molecule has 2 aromatic carbocycles. The van der Waals surface area contributed by atoms with Gasteiger partial charge in [-0.3, -0.25) is 19.4 Å². The molecule has 0 unspecified atom stereocenters. The van der Waals surface area contributed by atoms with Crippen LogP contribution in [0.2, 0.25) is 10.0 Å². The van der Waals surface area contributed by atoms with Crippen molar-refractivity contribution in [2.24, 2.45) is 10.3 Å². The van der Waals surface area contributed by atoms with Crippen LogP contribution in [0.15, 0.2) is 46.7 Å². The fourth-order valence-corrected chi connectivity index (χ4v) is 3.84. The number of nitrogens with zero attached hydrogens (tertiary/aromatic N) is 4. The molecule has 10 heteroatoms. The monoisotopic (exact) mass is 445 g/mol. The Balaban J connectivity index is 1.50. The van der Waals surface area contributed by atoms with E-state index in [2.05, 4.69) is 15.7 Å². The third-order valence-electron chi connectivity index (χ3n) is 4.98. The molecule has 0 bridgehead atoms. The van der Waals surface area contributed by atoms with Gasteiger partial charge < -0.3 is 5.32 Å². The van der Waals surface area contributed by atoms with Gasteiger partial charge in [-0.05, 0) is 49.2 Å². The maximum Gasteiger partial charge on any atom is 0.263 e. The first-order chi connectivity index (χ1) is 14.3. The van der Waals surface area contributed by atoms with Crippen molar-refractivity contribution in [2.75, 3.05) is 16.8 Å². The van der Waals surface area contributed by atoms with E-state index in [4.69, 9.17) is 23.2 Å². The molecule has 0 saturated carbocycles. The Hall–Kier alpha value is -2.97. The number of rotatable bonds is 4. The second kappa shape index (κ2) is 7.70. The molecule has 2 heterocycles. The first-order valence-electron chi connectivity index (χ1n) is 9.13. The zero-order valence-electron chi connectivity index (χ0n) is 16.1. The third kappa shape index (κ3) is 3.53. The van der Waals surface area contributed by atoms with Crippen LogP contribution in [0.25, 0.3) is 0 Å². The number of halogens is 2. The molecule has 2 aliphatic rings. The number of nitrogens with one attached hydrogen (secondary N) is 1. The Morgan fingerprint density at radius 2 is 1.83 bits per heavy atom. The lowest BCUT2D eigenvalue weighted by atomic mass is 10.1. The van der Waals surface area contributed by atoms with Crippen LogP contribution in [0.3, 0.4) is 0 Å². The average molecular weight is 446 g/mol. The molecule has 2 aliphatic heterocycles. The van der Waals surface area contributed by atoms with Crippen LogP contribution in [0.5, 0.6) is 0 Å². The van der Waals surface area contributed by atoms with Gasteiger partial charge in [0.2, 0.25) is 5.91 Å². The van der Waals surface area contributed by atoms with Crippen LogP contribution in [-0.4, -0.2) is 41.4 Å². The minimum atomic E-state index is -0.992. The van der Waals surface area contributed by atoms with Crippen LogP contribution in [0.1, 0.15) is 11.1 Å². The highest BCUT2D eigenvalue weighted by Crippen LogP contribution is 2.33. The summed E-state index contributed by atoms with van der Waals surface area (Å²) in [6, 6.07) is 8.20. The molecule has 8 nitrogen and oxygen atoms in total. The average Bonchev–Trinajstić information content (AvgIpc) is 3.20. The van der Waals surface area contributed by atoms with E-state index in [9.17, 15) is 14.4 Å². The Morgan fingerprint density at radius 1 is 1.07 bits per heavy atom. The second-order valence-corrected chi connectivity index (χ2v) is 7.98. The fourth-order valence-electron chi connectivity index (χ4n) is 3.39. The summed E-state index contributed by atoms with van der Waals surface area (Å²) in [5.74, 6) is -1.44. The number of aryl methyl sites for hydroxylation is 2. The Labute approximate surface area is 182 Å². The molecule has 154 valence electrons. The summed E-state index contributed by atoms with van der Waals surface area (Å²) in [4.78, 5) is 39.3.